The lowest BCUT2D eigenvalue weighted by molar-refractivity contribution is 0.0504. The van der Waals surface area contributed by atoms with Gasteiger partial charge in [-0.1, -0.05) is 31.9 Å². The molecule has 0 saturated heterocycles. The van der Waals surface area contributed by atoms with Gasteiger partial charge in [-0.2, -0.15) is 0 Å². The van der Waals surface area contributed by atoms with Gasteiger partial charge in [-0.15, -0.1) is 0 Å². The molecule has 0 spiro atoms. The third-order valence-corrected chi connectivity index (χ3v) is 3.77. The summed E-state index contributed by atoms with van der Waals surface area (Å²) in [5.74, 6) is 0. The number of carbonyl (C=O) groups is 1. The Kier molecular flexibility index (Phi) is 7.40. The molecule has 0 aliphatic rings. The number of rotatable bonds is 7. The van der Waals surface area contributed by atoms with Crippen LogP contribution in [0, 0.1) is 13.8 Å². The first kappa shape index (κ1) is 19.3. The van der Waals surface area contributed by atoms with Crippen molar-refractivity contribution in [2.24, 2.45) is 0 Å². The van der Waals surface area contributed by atoms with Crippen molar-refractivity contribution in [3.8, 4) is 0 Å². The number of benzene rings is 1. The van der Waals surface area contributed by atoms with Crippen molar-refractivity contribution in [2.75, 3.05) is 11.9 Å². The molecular weight excluding hydrogens is 288 g/mol. The second-order valence-electron chi connectivity index (χ2n) is 7.11. The third kappa shape index (κ3) is 7.40. The van der Waals surface area contributed by atoms with Gasteiger partial charge in [-0.25, -0.2) is 4.79 Å². The highest BCUT2D eigenvalue weighted by Crippen LogP contribution is 2.18. The van der Waals surface area contributed by atoms with E-state index in [-0.39, 0.29) is 12.1 Å². The molecule has 4 heteroatoms. The maximum atomic E-state index is 12.0. The predicted molar refractivity (Wildman–Crippen MR) is 97.1 cm³/mol. The largest absolute Gasteiger partial charge is 0.444 e. The lowest BCUT2D eigenvalue weighted by atomic mass is 10.1. The molecule has 0 fully saturated rings. The van der Waals surface area contributed by atoms with E-state index in [4.69, 9.17) is 4.74 Å². The fourth-order valence-corrected chi connectivity index (χ4v) is 2.33. The molecular formula is C19H32N2O2. The molecule has 1 unspecified atom stereocenters. The molecule has 1 aromatic carbocycles. The lowest BCUT2D eigenvalue weighted by Gasteiger charge is -2.24. The fraction of sp³-hybridized carbons (Fsp3) is 0.632. The summed E-state index contributed by atoms with van der Waals surface area (Å²) in [7, 11) is 0. The summed E-state index contributed by atoms with van der Waals surface area (Å²) in [5.41, 5.74) is 3.16. The summed E-state index contributed by atoms with van der Waals surface area (Å²) < 4.78 is 5.37. The van der Waals surface area contributed by atoms with Crippen molar-refractivity contribution < 1.29 is 9.53 Å². The smallest absolute Gasteiger partial charge is 0.407 e. The van der Waals surface area contributed by atoms with E-state index in [1.165, 1.54) is 11.1 Å². The van der Waals surface area contributed by atoms with E-state index in [9.17, 15) is 4.79 Å². The summed E-state index contributed by atoms with van der Waals surface area (Å²) in [5, 5.41) is 6.45. The number of alkyl carbamates (subject to hydrolysis) is 1. The minimum Gasteiger partial charge on any atom is -0.444 e. The molecule has 1 atom stereocenters. The first-order valence-corrected chi connectivity index (χ1v) is 8.52. The summed E-state index contributed by atoms with van der Waals surface area (Å²) in [6.45, 7) is 12.7. The number of ether oxygens (including phenoxy) is 1. The van der Waals surface area contributed by atoms with Gasteiger partial charge in [0, 0.05) is 18.3 Å². The van der Waals surface area contributed by atoms with Crippen molar-refractivity contribution in [1.82, 2.24) is 5.32 Å². The van der Waals surface area contributed by atoms with Crippen LogP contribution in [0.1, 0.15) is 58.1 Å². The molecule has 130 valence electrons. The van der Waals surface area contributed by atoms with Gasteiger partial charge < -0.3 is 15.4 Å². The predicted octanol–water partition coefficient (Wildman–Crippen LogP) is 4.80. The number of carbonyl (C=O) groups excluding carboxylic acids is 1. The number of unbranched alkanes of at least 4 members (excludes halogenated alkanes) is 1. The molecule has 1 aromatic rings. The highest BCUT2D eigenvalue weighted by molar-refractivity contribution is 5.68. The Hall–Kier alpha value is -1.71. The van der Waals surface area contributed by atoms with E-state index < -0.39 is 5.60 Å². The van der Waals surface area contributed by atoms with Crippen LogP contribution in [-0.4, -0.2) is 24.3 Å². The SMILES string of the molecule is CCCCC(CNc1cccc(C)c1C)NC(=O)OC(C)(C)C. The van der Waals surface area contributed by atoms with Crippen LogP contribution in [0.15, 0.2) is 18.2 Å². The maximum absolute atomic E-state index is 12.0. The molecule has 2 N–H and O–H groups in total. The quantitative estimate of drug-likeness (QED) is 0.759. The van der Waals surface area contributed by atoms with Crippen molar-refractivity contribution >= 4 is 11.8 Å². The molecule has 0 aliphatic carbocycles. The van der Waals surface area contributed by atoms with Gasteiger partial charge in [0.2, 0.25) is 0 Å². The molecule has 1 rings (SSSR count). The van der Waals surface area contributed by atoms with E-state index >= 15 is 0 Å². The lowest BCUT2D eigenvalue weighted by Crippen LogP contribution is -2.42. The van der Waals surface area contributed by atoms with Crippen LogP contribution >= 0.6 is 0 Å². The zero-order valence-corrected chi connectivity index (χ0v) is 15.5. The normalized spacial score (nSPS) is 12.6. The third-order valence-electron chi connectivity index (χ3n) is 3.77. The summed E-state index contributed by atoms with van der Waals surface area (Å²) in [4.78, 5) is 12.0. The van der Waals surface area contributed by atoms with Crippen LogP contribution in [0.2, 0.25) is 0 Å². The van der Waals surface area contributed by atoms with Gasteiger partial charge in [0.1, 0.15) is 5.60 Å². The average Bonchev–Trinajstić information content (AvgIpc) is 2.43. The number of hydrogen-bond acceptors (Lipinski definition) is 3. The molecule has 0 aromatic heterocycles. The first-order chi connectivity index (χ1) is 10.7. The second-order valence-corrected chi connectivity index (χ2v) is 7.11. The zero-order valence-electron chi connectivity index (χ0n) is 15.5. The van der Waals surface area contributed by atoms with Gasteiger partial charge in [0.05, 0.1) is 0 Å². The Morgan fingerprint density at radius 2 is 1.96 bits per heavy atom. The number of nitrogens with one attached hydrogen (secondary N) is 2. The van der Waals surface area contributed by atoms with E-state index in [1.807, 2.05) is 26.8 Å². The second kappa shape index (κ2) is 8.80. The Bertz CT molecular complexity index is 507. The maximum Gasteiger partial charge on any atom is 0.407 e. The zero-order chi connectivity index (χ0) is 17.5. The van der Waals surface area contributed by atoms with Crippen LogP contribution < -0.4 is 10.6 Å². The Labute approximate surface area is 141 Å². The molecule has 4 nitrogen and oxygen atoms in total. The monoisotopic (exact) mass is 320 g/mol. The molecule has 0 bridgehead atoms. The minimum atomic E-state index is -0.472. The topological polar surface area (TPSA) is 50.4 Å². The van der Waals surface area contributed by atoms with E-state index in [2.05, 4.69) is 43.5 Å². The van der Waals surface area contributed by atoms with E-state index in [0.717, 1.165) is 24.9 Å². The van der Waals surface area contributed by atoms with Crippen LogP contribution in [0.3, 0.4) is 0 Å². The standard InChI is InChI=1S/C19H32N2O2/c1-7-8-11-16(21-18(22)23-19(4,5)6)13-20-17-12-9-10-14(2)15(17)3/h9-10,12,16,20H,7-8,11,13H2,1-6H3,(H,21,22). The number of amides is 1. The van der Waals surface area contributed by atoms with E-state index in [1.54, 1.807) is 0 Å². The molecule has 0 heterocycles. The van der Waals surface area contributed by atoms with Crippen LogP contribution in [-0.2, 0) is 4.74 Å². The highest BCUT2D eigenvalue weighted by Gasteiger charge is 2.19. The van der Waals surface area contributed by atoms with Gasteiger partial charge in [-0.05, 0) is 58.2 Å². The van der Waals surface area contributed by atoms with E-state index in [0.29, 0.717) is 6.54 Å². The Balaban J connectivity index is 2.63. The Morgan fingerprint density at radius 3 is 2.57 bits per heavy atom. The summed E-state index contributed by atoms with van der Waals surface area (Å²) in [6, 6.07) is 6.29. The van der Waals surface area contributed by atoms with Crippen molar-refractivity contribution in [3.05, 3.63) is 29.3 Å². The van der Waals surface area contributed by atoms with Crippen LogP contribution in [0.5, 0.6) is 0 Å². The van der Waals surface area contributed by atoms with Gasteiger partial charge >= 0.3 is 6.09 Å². The number of hydrogen-bond donors (Lipinski definition) is 2. The molecule has 0 saturated carbocycles. The highest BCUT2D eigenvalue weighted by atomic mass is 16.6. The van der Waals surface area contributed by atoms with Gasteiger partial charge in [-0.3, -0.25) is 0 Å². The number of anilines is 1. The molecule has 23 heavy (non-hydrogen) atoms. The summed E-state index contributed by atoms with van der Waals surface area (Å²) in [6.07, 6.45) is 2.78. The van der Waals surface area contributed by atoms with Crippen molar-refractivity contribution in [3.63, 3.8) is 0 Å². The molecule has 0 aliphatic heterocycles. The van der Waals surface area contributed by atoms with Crippen LogP contribution in [0.4, 0.5) is 10.5 Å². The average molecular weight is 320 g/mol. The van der Waals surface area contributed by atoms with Crippen LogP contribution in [0.25, 0.3) is 0 Å². The van der Waals surface area contributed by atoms with Gasteiger partial charge in [0.25, 0.3) is 0 Å². The summed E-state index contributed by atoms with van der Waals surface area (Å²) >= 11 is 0. The minimum absolute atomic E-state index is 0.0599. The van der Waals surface area contributed by atoms with Crippen molar-refractivity contribution in [2.45, 2.75) is 72.4 Å². The van der Waals surface area contributed by atoms with Gasteiger partial charge in [0.15, 0.2) is 0 Å². The number of aryl methyl sites for hydroxylation is 1. The first-order valence-electron chi connectivity index (χ1n) is 8.52. The fourth-order valence-electron chi connectivity index (χ4n) is 2.33. The Morgan fingerprint density at radius 1 is 1.26 bits per heavy atom. The molecule has 1 amide bonds. The molecule has 0 radical (unpaired) electrons. The van der Waals surface area contributed by atoms with Crippen molar-refractivity contribution in [1.29, 1.82) is 0 Å².